The minimum Gasteiger partial charge on any atom is -0.494 e. The van der Waals surface area contributed by atoms with Gasteiger partial charge in [-0.3, -0.25) is 4.99 Å². The number of nitrogens with zero attached hydrogens (tertiary/aromatic N) is 1. The summed E-state index contributed by atoms with van der Waals surface area (Å²) in [6, 6.07) is 16.0. The van der Waals surface area contributed by atoms with E-state index in [4.69, 9.17) is 9.47 Å². The van der Waals surface area contributed by atoms with Gasteiger partial charge >= 0.3 is 0 Å². The third-order valence-corrected chi connectivity index (χ3v) is 4.36. The molecule has 0 unspecified atom stereocenters. The van der Waals surface area contributed by atoms with Crippen molar-refractivity contribution in [3.63, 3.8) is 0 Å². The molecule has 0 amide bonds. The number of hydrogen-bond donors (Lipinski definition) is 0. The normalized spacial score (nSPS) is 11.0. The first-order valence-corrected chi connectivity index (χ1v) is 10.3. The summed E-state index contributed by atoms with van der Waals surface area (Å²) >= 11 is 0. The predicted octanol–water partition coefficient (Wildman–Crippen LogP) is 6.97. The highest BCUT2D eigenvalue weighted by Crippen LogP contribution is 2.19. The summed E-state index contributed by atoms with van der Waals surface area (Å²) in [6.07, 6.45) is 10.4. The molecular formula is C24H33NO2. The molecule has 3 nitrogen and oxygen atoms in total. The van der Waals surface area contributed by atoms with Crippen molar-refractivity contribution >= 4 is 11.9 Å². The smallest absolute Gasteiger partial charge is 0.119 e. The van der Waals surface area contributed by atoms with Gasteiger partial charge in [-0.15, -0.1) is 0 Å². The van der Waals surface area contributed by atoms with Crippen LogP contribution >= 0.6 is 0 Å². The first-order chi connectivity index (χ1) is 13.3. The molecule has 0 atom stereocenters. The van der Waals surface area contributed by atoms with Crippen LogP contribution in [-0.2, 0) is 0 Å². The minimum absolute atomic E-state index is 0.775. The lowest BCUT2D eigenvalue weighted by Gasteiger charge is -2.06. The van der Waals surface area contributed by atoms with E-state index < -0.39 is 0 Å². The maximum absolute atomic E-state index is 5.79. The van der Waals surface area contributed by atoms with Gasteiger partial charge < -0.3 is 9.47 Å². The van der Waals surface area contributed by atoms with E-state index in [1.54, 1.807) is 0 Å². The van der Waals surface area contributed by atoms with E-state index in [-0.39, 0.29) is 0 Å². The first-order valence-electron chi connectivity index (χ1n) is 10.3. The van der Waals surface area contributed by atoms with Gasteiger partial charge in [0.15, 0.2) is 0 Å². The number of unbranched alkanes of at least 4 members (excludes halogenated alkanes) is 5. The van der Waals surface area contributed by atoms with Crippen LogP contribution in [0.4, 0.5) is 5.69 Å². The summed E-state index contributed by atoms with van der Waals surface area (Å²) < 4.78 is 11.5. The van der Waals surface area contributed by atoms with E-state index >= 15 is 0 Å². The molecule has 2 aromatic rings. The fourth-order valence-corrected chi connectivity index (χ4v) is 2.66. The van der Waals surface area contributed by atoms with Crippen molar-refractivity contribution < 1.29 is 9.47 Å². The Morgan fingerprint density at radius 2 is 1.22 bits per heavy atom. The van der Waals surface area contributed by atoms with Gasteiger partial charge in [-0.2, -0.15) is 0 Å². The van der Waals surface area contributed by atoms with Gasteiger partial charge in [0.25, 0.3) is 0 Å². The molecule has 0 spiro atoms. The fraction of sp³-hybridized carbons (Fsp3) is 0.458. The van der Waals surface area contributed by atoms with Crippen LogP contribution in [0.5, 0.6) is 11.5 Å². The summed E-state index contributed by atoms with van der Waals surface area (Å²) in [5.74, 6) is 1.83. The van der Waals surface area contributed by atoms with Crippen LogP contribution in [0.1, 0.15) is 64.4 Å². The Morgan fingerprint density at radius 3 is 1.85 bits per heavy atom. The molecule has 0 saturated heterocycles. The predicted molar refractivity (Wildman–Crippen MR) is 115 cm³/mol. The summed E-state index contributed by atoms with van der Waals surface area (Å²) in [5, 5.41) is 0. The Morgan fingerprint density at radius 1 is 0.667 bits per heavy atom. The topological polar surface area (TPSA) is 30.8 Å². The number of hydrogen-bond acceptors (Lipinski definition) is 3. The van der Waals surface area contributed by atoms with Crippen LogP contribution in [0.3, 0.4) is 0 Å². The minimum atomic E-state index is 0.775. The van der Waals surface area contributed by atoms with Crippen molar-refractivity contribution in [2.75, 3.05) is 13.2 Å². The third-order valence-electron chi connectivity index (χ3n) is 4.36. The number of aliphatic imine (C=N–C) groups is 1. The summed E-state index contributed by atoms with van der Waals surface area (Å²) in [4.78, 5) is 4.53. The molecule has 0 aliphatic carbocycles. The van der Waals surface area contributed by atoms with Gasteiger partial charge in [0.2, 0.25) is 0 Å². The Balaban J connectivity index is 1.74. The van der Waals surface area contributed by atoms with Crippen molar-refractivity contribution in [1.29, 1.82) is 0 Å². The zero-order valence-electron chi connectivity index (χ0n) is 16.8. The SMILES string of the molecule is CCCCCCCOc1ccc(N=Cc2ccc(OCCCC)cc2)cc1. The number of ether oxygens (including phenoxy) is 2. The largest absolute Gasteiger partial charge is 0.494 e. The average molecular weight is 368 g/mol. The van der Waals surface area contributed by atoms with E-state index in [1.807, 2.05) is 54.7 Å². The van der Waals surface area contributed by atoms with Crippen LogP contribution in [0.25, 0.3) is 0 Å². The van der Waals surface area contributed by atoms with Gasteiger partial charge in [0.05, 0.1) is 18.9 Å². The van der Waals surface area contributed by atoms with Crippen molar-refractivity contribution in [2.24, 2.45) is 4.99 Å². The second-order valence-corrected chi connectivity index (χ2v) is 6.79. The molecular weight excluding hydrogens is 334 g/mol. The quantitative estimate of drug-likeness (QED) is 0.283. The van der Waals surface area contributed by atoms with Crippen LogP contribution in [0, 0.1) is 0 Å². The van der Waals surface area contributed by atoms with Gasteiger partial charge in [-0.25, -0.2) is 0 Å². The van der Waals surface area contributed by atoms with E-state index in [0.29, 0.717) is 0 Å². The lowest BCUT2D eigenvalue weighted by molar-refractivity contribution is 0.304. The summed E-state index contributed by atoms with van der Waals surface area (Å²) in [5.41, 5.74) is 1.99. The van der Waals surface area contributed by atoms with Gasteiger partial charge in [0.1, 0.15) is 11.5 Å². The standard InChI is InChI=1S/C24H33NO2/c1-3-5-7-8-9-19-27-24-16-12-22(13-17-24)25-20-21-10-14-23(15-11-21)26-18-6-4-2/h10-17,20H,3-9,18-19H2,1-2H3. The Hall–Kier alpha value is -2.29. The number of rotatable bonds is 13. The molecule has 0 aromatic heterocycles. The van der Waals surface area contributed by atoms with E-state index in [2.05, 4.69) is 18.8 Å². The van der Waals surface area contributed by atoms with Crippen LogP contribution in [0.2, 0.25) is 0 Å². The molecule has 146 valence electrons. The third kappa shape index (κ3) is 8.76. The zero-order chi connectivity index (χ0) is 19.2. The maximum atomic E-state index is 5.79. The molecule has 27 heavy (non-hydrogen) atoms. The summed E-state index contributed by atoms with van der Waals surface area (Å²) in [7, 11) is 0. The first kappa shape index (κ1) is 21.0. The molecule has 0 saturated carbocycles. The van der Waals surface area contributed by atoms with Crippen molar-refractivity contribution in [3.8, 4) is 11.5 Å². The monoisotopic (exact) mass is 367 g/mol. The zero-order valence-corrected chi connectivity index (χ0v) is 16.8. The van der Waals surface area contributed by atoms with Crippen LogP contribution in [-0.4, -0.2) is 19.4 Å². The molecule has 0 N–H and O–H groups in total. The fourth-order valence-electron chi connectivity index (χ4n) is 2.66. The lowest BCUT2D eigenvalue weighted by atomic mass is 10.2. The van der Waals surface area contributed by atoms with Crippen LogP contribution in [0.15, 0.2) is 53.5 Å². The molecule has 3 heteroatoms. The highest BCUT2D eigenvalue weighted by molar-refractivity contribution is 5.82. The summed E-state index contributed by atoms with van der Waals surface area (Å²) in [6.45, 7) is 5.96. The highest BCUT2D eigenvalue weighted by atomic mass is 16.5. The van der Waals surface area contributed by atoms with Gasteiger partial charge in [-0.1, -0.05) is 46.0 Å². The molecule has 0 aliphatic rings. The van der Waals surface area contributed by atoms with E-state index in [0.717, 1.165) is 55.2 Å². The molecule has 0 bridgehead atoms. The Labute approximate surface area is 164 Å². The molecule has 0 heterocycles. The Kier molecular flexibility index (Phi) is 10.1. The maximum Gasteiger partial charge on any atom is 0.119 e. The van der Waals surface area contributed by atoms with Gasteiger partial charge in [0, 0.05) is 6.21 Å². The van der Waals surface area contributed by atoms with Gasteiger partial charge in [-0.05, 0) is 66.9 Å². The van der Waals surface area contributed by atoms with Crippen molar-refractivity contribution in [3.05, 3.63) is 54.1 Å². The average Bonchev–Trinajstić information content (AvgIpc) is 2.71. The van der Waals surface area contributed by atoms with Crippen LogP contribution < -0.4 is 9.47 Å². The second kappa shape index (κ2) is 13.0. The van der Waals surface area contributed by atoms with E-state index in [1.165, 1.54) is 25.7 Å². The molecule has 2 aromatic carbocycles. The molecule has 0 radical (unpaired) electrons. The second-order valence-electron chi connectivity index (χ2n) is 6.79. The van der Waals surface area contributed by atoms with E-state index in [9.17, 15) is 0 Å². The van der Waals surface area contributed by atoms with Crippen molar-refractivity contribution in [1.82, 2.24) is 0 Å². The number of benzene rings is 2. The Bertz CT molecular complexity index is 647. The molecule has 2 rings (SSSR count). The highest BCUT2D eigenvalue weighted by Gasteiger charge is 1.96. The molecule has 0 fully saturated rings. The lowest BCUT2D eigenvalue weighted by Crippen LogP contribution is -1.96. The van der Waals surface area contributed by atoms with Crippen molar-refractivity contribution in [2.45, 2.75) is 58.8 Å². The molecule has 0 aliphatic heterocycles.